The van der Waals surface area contributed by atoms with E-state index in [-0.39, 0.29) is 0 Å². The second-order valence-corrected chi connectivity index (χ2v) is 5.77. The number of amidine groups is 1. The lowest BCUT2D eigenvalue weighted by molar-refractivity contribution is 0.687. The maximum absolute atomic E-state index is 5.50. The highest BCUT2D eigenvalue weighted by Crippen LogP contribution is 2.24. The smallest absolute Gasteiger partial charge is 0.162 e. The van der Waals surface area contributed by atoms with Crippen LogP contribution < -0.4 is 5.32 Å². The van der Waals surface area contributed by atoms with Crippen molar-refractivity contribution in [1.82, 2.24) is 0 Å². The van der Waals surface area contributed by atoms with Crippen LogP contribution in [-0.2, 0) is 0 Å². The first-order valence-electron chi connectivity index (χ1n) is 6.42. The second-order valence-electron chi connectivity index (χ2n) is 4.98. The molecule has 0 saturated carbocycles. The molecule has 1 N–H and O–H groups in total. The molecule has 0 aliphatic heterocycles. The SMILES string of the molecule is C#CC(C)(C)N=C(Nc1cccc2ccccc12)SC. The van der Waals surface area contributed by atoms with E-state index in [1.54, 1.807) is 11.8 Å². The number of nitrogens with zero attached hydrogens (tertiary/aromatic N) is 1. The number of thioether (sulfide) groups is 1. The average Bonchev–Trinajstić information content (AvgIpc) is 2.46. The molecule has 0 bridgehead atoms. The summed E-state index contributed by atoms with van der Waals surface area (Å²) in [4.78, 5) is 4.58. The van der Waals surface area contributed by atoms with Crippen molar-refractivity contribution in [2.75, 3.05) is 11.6 Å². The van der Waals surface area contributed by atoms with Gasteiger partial charge in [0.25, 0.3) is 0 Å². The van der Waals surface area contributed by atoms with Crippen LogP contribution in [0.1, 0.15) is 13.8 Å². The number of rotatable bonds is 2. The van der Waals surface area contributed by atoms with E-state index in [4.69, 9.17) is 6.42 Å². The van der Waals surface area contributed by atoms with Gasteiger partial charge in [-0.15, -0.1) is 6.42 Å². The molecule has 3 heteroatoms. The van der Waals surface area contributed by atoms with Gasteiger partial charge in [0, 0.05) is 11.1 Å². The molecule has 0 fully saturated rings. The fraction of sp³-hybridized carbons (Fsp3) is 0.235. The summed E-state index contributed by atoms with van der Waals surface area (Å²) in [6.07, 6.45) is 7.49. The van der Waals surface area contributed by atoms with Crippen molar-refractivity contribution in [2.24, 2.45) is 4.99 Å². The zero-order valence-corrected chi connectivity index (χ0v) is 12.8. The molecule has 0 aromatic heterocycles. The van der Waals surface area contributed by atoms with E-state index in [1.165, 1.54) is 10.8 Å². The second kappa shape index (κ2) is 6.02. The Balaban J connectivity index is 2.39. The van der Waals surface area contributed by atoms with E-state index in [1.807, 2.05) is 38.3 Å². The summed E-state index contributed by atoms with van der Waals surface area (Å²) < 4.78 is 0. The Morgan fingerprint density at radius 1 is 1.20 bits per heavy atom. The van der Waals surface area contributed by atoms with Crippen LogP contribution in [0.3, 0.4) is 0 Å². The van der Waals surface area contributed by atoms with Crippen molar-refractivity contribution in [1.29, 1.82) is 0 Å². The molecule has 0 saturated heterocycles. The molecule has 2 nitrogen and oxygen atoms in total. The zero-order chi connectivity index (χ0) is 14.6. The number of aliphatic imine (C=N–C) groups is 1. The number of benzene rings is 2. The van der Waals surface area contributed by atoms with Crippen LogP contribution in [-0.4, -0.2) is 17.0 Å². The molecule has 0 spiro atoms. The van der Waals surface area contributed by atoms with Crippen LogP contribution in [0.15, 0.2) is 47.5 Å². The Hall–Kier alpha value is -1.92. The summed E-state index contributed by atoms with van der Waals surface area (Å²) in [5, 5.41) is 6.58. The lowest BCUT2D eigenvalue weighted by Gasteiger charge is -2.16. The summed E-state index contributed by atoms with van der Waals surface area (Å²) in [5.74, 6) is 2.69. The lowest BCUT2D eigenvalue weighted by atomic mass is 10.1. The van der Waals surface area contributed by atoms with Crippen LogP contribution in [0.25, 0.3) is 10.8 Å². The highest BCUT2D eigenvalue weighted by atomic mass is 32.2. The molecule has 0 radical (unpaired) electrons. The Morgan fingerprint density at radius 2 is 1.90 bits per heavy atom. The zero-order valence-electron chi connectivity index (χ0n) is 12.0. The molecule has 0 unspecified atom stereocenters. The third kappa shape index (κ3) is 3.34. The van der Waals surface area contributed by atoms with Gasteiger partial charge in [0.1, 0.15) is 5.54 Å². The summed E-state index contributed by atoms with van der Waals surface area (Å²) >= 11 is 1.56. The predicted octanol–water partition coefficient (Wildman–Crippen LogP) is 4.38. The van der Waals surface area contributed by atoms with Crippen LogP contribution in [0, 0.1) is 12.3 Å². The number of anilines is 1. The summed E-state index contributed by atoms with van der Waals surface area (Å²) in [7, 11) is 0. The van der Waals surface area contributed by atoms with Gasteiger partial charge < -0.3 is 5.32 Å². The highest BCUT2D eigenvalue weighted by Gasteiger charge is 2.13. The van der Waals surface area contributed by atoms with Crippen LogP contribution >= 0.6 is 11.8 Å². The van der Waals surface area contributed by atoms with Crippen molar-refractivity contribution in [3.8, 4) is 12.3 Å². The van der Waals surface area contributed by atoms with Crippen LogP contribution in [0.4, 0.5) is 5.69 Å². The van der Waals surface area contributed by atoms with E-state index < -0.39 is 5.54 Å². The minimum absolute atomic E-state index is 0.504. The molecule has 102 valence electrons. The Kier molecular flexibility index (Phi) is 4.36. The first kappa shape index (κ1) is 14.5. The summed E-state index contributed by atoms with van der Waals surface area (Å²) in [5.41, 5.74) is 0.541. The predicted molar refractivity (Wildman–Crippen MR) is 91.4 cm³/mol. The highest BCUT2D eigenvalue weighted by molar-refractivity contribution is 8.13. The average molecular weight is 282 g/mol. The number of terminal acetylenes is 1. The van der Waals surface area contributed by atoms with Crippen LogP contribution in [0.5, 0.6) is 0 Å². The molecule has 2 aromatic carbocycles. The van der Waals surface area contributed by atoms with E-state index in [2.05, 4.69) is 40.5 Å². The maximum atomic E-state index is 5.50. The molecule has 0 atom stereocenters. The largest absolute Gasteiger partial charge is 0.334 e. The van der Waals surface area contributed by atoms with Gasteiger partial charge in [-0.05, 0) is 31.6 Å². The van der Waals surface area contributed by atoms with Crippen LogP contribution in [0.2, 0.25) is 0 Å². The van der Waals surface area contributed by atoms with Gasteiger partial charge in [0.2, 0.25) is 0 Å². The van der Waals surface area contributed by atoms with Gasteiger partial charge in [-0.1, -0.05) is 54.1 Å². The van der Waals surface area contributed by atoms with Gasteiger partial charge in [-0.3, -0.25) is 0 Å². The van der Waals surface area contributed by atoms with E-state index in [0.717, 1.165) is 10.9 Å². The maximum Gasteiger partial charge on any atom is 0.162 e. The molecule has 0 amide bonds. The third-order valence-electron chi connectivity index (χ3n) is 2.96. The van der Waals surface area contributed by atoms with Crippen molar-refractivity contribution >= 4 is 33.4 Å². The fourth-order valence-electron chi connectivity index (χ4n) is 1.86. The molecule has 2 aromatic rings. The molecular weight excluding hydrogens is 264 g/mol. The van der Waals surface area contributed by atoms with Crippen molar-refractivity contribution in [3.05, 3.63) is 42.5 Å². The summed E-state index contributed by atoms with van der Waals surface area (Å²) in [6, 6.07) is 14.5. The fourth-order valence-corrected chi connectivity index (χ4v) is 2.39. The molecule has 0 aliphatic rings. The normalized spacial score (nSPS) is 12.2. The standard InChI is InChI=1S/C17H18N2S/c1-5-17(2,3)19-16(20-4)18-15-12-8-10-13-9-6-7-11-14(13)15/h1,6-12H,2-4H3,(H,18,19). The molecule has 20 heavy (non-hydrogen) atoms. The molecule has 0 aliphatic carbocycles. The summed E-state index contributed by atoms with van der Waals surface area (Å²) in [6.45, 7) is 3.85. The number of hydrogen-bond donors (Lipinski definition) is 1. The quantitative estimate of drug-likeness (QED) is 0.502. The van der Waals surface area contributed by atoms with Crippen molar-refractivity contribution in [2.45, 2.75) is 19.4 Å². The number of fused-ring (bicyclic) bond motifs is 1. The molecule has 2 rings (SSSR count). The first-order chi connectivity index (χ1) is 9.55. The topological polar surface area (TPSA) is 24.4 Å². The Bertz CT molecular complexity index is 675. The Morgan fingerprint density at radius 3 is 2.60 bits per heavy atom. The van der Waals surface area contributed by atoms with Gasteiger partial charge in [-0.25, -0.2) is 4.99 Å². The number of nitrogens with one attached hydrogen (secondary N) is 1. The molecular formula is C17H18N2S. The van der Waals surface area contributed by atoms with E-state index in [0.29, 0.717) is 0 Å². The molecule has 0 heterocycles. The van der Waals surface area contributed by atoms with Gasteiger partial charge >= 0.3 is 0 Å². The van der Waals surface area contributed by atoms with Crippen molar-refractivity contribution < 1.29 is 0 Å². The number of hydrogen-bond acceptors (Lipinski definition) is 2. The minimum atomic E-state index is -0.504. The van der Waals surface area contributed by atoms with Gasteiger partial charge in [0.05, 0.1) is 0 Å². The Labute approximate surface area is 124 Å². The van der Waals surface area contributed by atoms with Gasteiger partial charge in [-0.2, -0.15) is 0 Å². The first-order valence-corrected chi connectivity index (χ1v) is 7.64. The lowest BCUT2D eigenvalue weighted by Crippen LogP contribution is -2.19. The minimum Gasteiger partial charge on any atom is -0.334 e. The third-order valence-corrected chi connectivity index (χ3v) is 3.54. The monoisotopic (exact) mass is 282 g/mol. The van der Waals surface area contributed by atoms with E-state index in [9.17, 15) is 0 Å². The van der Waals surface area contributed by atoms with E-state index >= 15 is 0 Å². The van der Waals surface area contributed by atoms with Crippen molar-refractivity contribution in [3.63, 3.8) is 0 Å². The van der Waals surface area contributed by atoms with Gasteiger partial charge in [0.15, 0.2) is 5.17 Å².